The largest absolute Gasteiger partial charge is 0.495 e. The third kappa shape index (κ3) is 5.16. The second kappa shape index (κ2) is 9.78. The molecule has 28 heavy (non-hydrogen) atoms. The van der Waals surface area contributed by atoms with Gasteiger partial charge >= 0.3 is 0 Å². The minimum atomic E-state index is 0.506. The first-order valence-corrected chi connectivity index (χ1v) is 9.96. The molecule has 3 rings (SSSR count). The summed E-state index contributed by atoms with van der Waals surface area (Å²) in [5.74, 6) is 0.720. The van der Waals surface area contributed by atoms with Gasteiger partial charge < -0.3 is 15.4 Å². The molecule has 3 aromatic carbocycles. The fourth-order valence-electron chi connectivity index (χ4n) is 2.85. The molecule has 0 aliphatic rings. The fourth-order valence-corrected chi connectivity index (χ4v) is 3.65. The van der Waals surface area contributed by atoms with Crippen LogP contribution in [0.1, 0.15) is 5.56 Å². The molecule has 3 nitrogen and oxygen atoms in total. The van der Waals surface area contributed by atoms with E-state index in [2.05, 4.69) is 22.8 Å². The standard InChI is InChI=1S/C22H20Cl2N2OS/c1-27-21-11-10-16(15-6-3-2-4-7-15)14-20(21)26-22(28)25-13-12-17-18(23)8-5-9-19(17)24/h2-11,14H,12-13H2,1H3,(H2,25,26,28). The second-order valence-corrected chi connectivity index (χ2v) is 7.33. The fraction of sp³-hybridized carbons (Fsp3) is 0.136. The van der Waals surface area contributed by atoms with Gasteiger partial charge in [0.05, 0.1) is 12.8 Å². The molecule has 144 valence electrons. The van der Waals surface area contributed by atoms with Gasteiger partial charge in [0.15, 0.2) is 5.11 Å². The number of rotatable bonds is 6. The van der Waals surface area contributed by atoms with Crippen LogP contribution in [0.25, 0.3) is 11.1 Å². The van der Waals surface area contributed by atoms with E-state index in [0.717, 1.165) is 28.1 Å². The number of halogens is 2. The summed E-state index contributed by atoms with van der Waals surface area (Å²) in [5, 5.41) is 8.23. The number of nitrogens with one attached hydrogen (secondary N) is 2. The van der Waals surface area contributed by atoms with E-state index in [9.17, 15) is 0 Å². The average molecular weight is 431 g/mol. The quantitative estimate of drug-likeness (QED) is 0.456. The van der Waals surface area contributed by atoms with E-state index in [1.807, 2.05) is 54.6 Å². The Balaban J connectivity index is 1.66. The van der Waals surface area contributed by atoms with Crippen LogP contribution in [-0.4, -0.2) is 18.8 Å². The zero-order valence-electron chi connectivity index (χ0n) is 15.3. The highest BCUT2D eigenvalue weighted by Gasteiger charge is 2.09. The molecule has 0 amide bonds. The summed E-state index contributed by atoms with van der Waals surface area (Å²) in [6.07, 6.45) is 0.668. The number of benzene rings is 3. The van der Waals surface area contributed by atoms with Gasteiger partial charge in [0, 0.05) is 16.6 Å². The normalized spacial score (nSPS) is 10.4. The molecule has 0 aliphatic carbocycles. The maximum Gasteiger partial charge on any atom is 0.170 e. The number of hydrogen-bond acceptors (Lipinski definition) is 2. The Morgan fingerprint density at radius 2 is 1.64 bits per heavy atom. The summed E-state index contributed by atoms with van der Waals surface area (Å²) >= 11 is 17.9. The Bertz CT molecular complexity index is 944. The Morgan fingerprint density at radius 3 is 2.32 bits per heavy atom. The van der Waals surface area contributed by atoms with E-state index < -0.39 is 0 Å². The van der Waals surface area contributed by atoms with Gasteiger partial charge in [-0.3, -0.25) is 0 Å². The summed E-state index contributed by atoms with van der Waals surface area (Å²) in [6, 6.07) is 21.6. The molecule has 0 radical (unpaired) electrons. The number of thiocarbonyl (C=S) groups is 1. The molecule has 0 unspecified atom stereocenters. The summed E-state index contributed by atoms with van der Waals surface area (Å²) in [6.45, 7) is 0.607. The third-order valence-electron chi connectivity index (χ3n) is 4.28. The lowest BCUT2D eigenvalue weighted by molar-refractivity contribution is 0.417. The molecule has 0 heterocycles. The van der Waals surface area contributed by atoms with Crippen molar-refractivity contribution in [3.05, 3.63) is 82.3 Å². The van der Waals surface area contributed by atoms with Crippen molar-refractivity contribution in [2.75, 3.05) is 19.0 Å². The van der Waals surface area contributed by atoms with E-state index in [-0.39, 0.29) is 0 Å². The smallest absolute Gasteiger partial charge is 0.170 e. The molecule has 0 fully saturated rings. The summed E-state index contributed by atoms with van der Waals surface area (Å²) < 4.78 is 5.46. The summed E-state index contributed by atoms with van der Waals surface area (Å²) in [5.41, 5.74) is 3.91. The van der Waals surface area contributed by atoms with Gasteiger partial charge in [-0.15, -0.1) is 0 Å². The van der Waals surface area contributed by atoms with Gasteiger partial charge in [-0.1, -0.05) is 65.7 Å². The number of ether oxygens (including phenoxy) is 1. The van der Waals surface area contributed by atoms with E-state index in [4.69, 9.17) is 40.2 Å². The predicted octanol–water partition coefficient (Wildman–Crippen LogP) is 6.20. The van der Waals surface area contributed by atoms with Crippen molar-refractivity contribution >= 4 is 46.2 Å². The summed E-state index contributed by atoms with van der Waals surface area (Å²) in [4.78, 5) is 0. The Morgan fingerprint density at radius 1 is 0.929 bits per heavy atom. The highest BCUT2D eigenvalue weighted by Crippen LogP contribution is 2.30. The van der Waals surface area contributed by atoms with Gasteiger partial charge in [-0.05, 0) is 59.6 Å². The molecule has 0 saturated heterocycles. The molecule has 2 N–H and O–H groups in total. The highest BCUT2D eigenvalue weighted by molar-refractivity contribution is 7.80. The molecule has 0 aliphatic heterocycles. The first-order valence-electron chi connectivity index (χ1n) is 8.79. The van der Waals surface area contributed by atoms with Crippen molar-refractivity contribution < 1.29 is 4.74 Å². The van der Waals surface area contributed by atoms with Gasteiger partial charge in [0.2, 0.25) is 0 Å². The van der Waals surface area contributed by atoms with Crippen molar-refractivity contribution in [3.63, 3.8) is 0 Å². The van der Waals surface area contributed by atoms with Crippen LogP contribution in [0.15, 0.2) is 66.7 Å². The van der Waals surface area contributed by atoms with E-state index in [0.29, 0.717) is 28.1 Å². The van der Waals surface area contributed by atoms with Crippen LogP contribution in [0.5, 0.6) is 5.75 Å². The van der Waals surface area contributed by atoms with Crippen molar-refractivity contribution in [1.82, 2.24) is 5.32 Å². The maximum absolute atomic E-state index is 6.21. The Hall–Kier alpha value is -2.27. The molecule has 0 atom stereocenters. The van der Waals surface area contributed by atoms with Crippen molar-refractivity contribution in [1.29, 1.82) is 0 Å². The molecular weight excluding hydrogens is 411 g/mol. The van der Waals surface area contributed by atoms with Gasteiger partial charge in [0.1, 0.15) is 5.75 Å². The maximum atomic E-state index is 6.21. The zero-order chi connectivity index (χ0) is 19.9. The topological polar surface area (TPSA) is 33.3 Å². The first kappa shape index (κ1) is 20.5. The van der Waals surface area contributed by atoms with E-state index in [1.165, 1.54) is 0 Å². The Labute approximate surface area is 180 Å². The lowest BCUT2D eigenvalue weighted by atomic mass is 10.0. The predicted molar refractivity (Wildman–Crippen MR) is 123 cm³/mol. The van der Waals surface area contributed by atoms with Gasteiger partial charge in [-0.25, -0.2) is 0 Å². The molecular formula is C22H20Cl2N2OS. The van der Waals surface area contributed by atoms with Crippen LogP contribution >= 0.6 is 35.4 Å². The SMILES string of the molecule is COc1ccc(-c2ccccc2)cc1NC(=S)NCCc1c(Cl)cccc1Cl. The zero-order valence-corrected chi connectivity index (χ0v) is 17.7. The molecule has 3 aromatic rings. The number of anilines is 1. The molecule has 0 aromatic heterocycles. The minimum absolute atomic E-state index is 0.506. The van der Waals surface area contributed by atoms with Crippen molar-refractivity contribution in [3.8, 4) is 16.9 Å². The van der Waals surface area contributed by atoms with Gasteiger partial charge in [-0.2, -0.15) is 0 Å². The molecule has 6 heteroatoms. The molecule has 0 spiro atoms. The van der Waals surface area contributed by atoms with Crippen molar-refractivity contribution in [2.45, 2.75) is 6.42 Å². The van der Waals surface area contributed by atoms with Gasteiger partial charge in [0.25, 0.3) is 0 Å². The van der Waals surface area contributed by atoms with Crippen LogP contribution in [0.3, 0.4) is 0 Å². The third-order valence-corrected chi connectivity index (χ3v) is 5.23. The number of methoxy groups -OCH3 is 1. The van der Waals surface area contributed by atoms with Crippen LogP contribution in [0, 0.1) is 0 Å². The highest BCUT2D eigenvalue weighted by atomic mass is 35.5. The van der Waals surface area contributed by atoms with Crippen molar-refractivity contribution in [2.24, 2.45) is 0 Å². The Kier molecular flexibility index (Phi) is 7.15. The second-order valence-electron chi connectivity index (χ2n) is 6.11. The first-order chi connectivity index (χ1) is 13.6. The summed E-state index contributed by atoms with van der Waals surface area (Å²) in [7, 11) is 1.64. The van der Waals surface area contributed by atoms with Crippen LogP contribution in [0.2, 0.25) is 10.0 Å². The molecule has 0 saturated carbocycles. The van der Waals surface area contributed by atoms with E-state index >= 15 is 0 Å². The monoisotopic (exact) mass is 430 g/mol. The lowest BCUT2D eigenvalue weighted by Crippen LogP contribution is -2.30. The number of hydrogen-bond donors (Lipinski definition) is 2. The van der Waals surface area contributed by atoms with Crippen LogP contribution < -0.4 is 15.4 Å². The van der Waals surface area contributed by atoms with Crippen LogP contribution in [-0.2, 0) is 6.42 Å². The van der Waals surface area contributed by atoms with Crippen LogP contribution in [0.4, 0.5) is 5.69 Å². The van der Waals surface area contributed by atoms with E-state index in [1.54, 1.807) is 7.11 Å². The molecule has 0 bridgehead atoms. The minimum Gasteiger partial charge on any atom is -0.495 e. The average Bonchev–Trinajstić information content (AvgIpc) is 2.71. The lowest BCUT2D eigenvalue weighted by Gasteiger charge is -2.15.